The molecule has 1 aromatic heterocycles. The highest BCUT2D eigenvalue weighted by molar-refractivity contribution is 7.71. The molecule has 5 N–H and O–H groups in total. The lowest BCUT2D eigenvalue weighted by atomic mass is 10.2. The van der Waals surface area contributed by atoms with Gasteiger partial charge < -0.3 is 29.6 Å². The molecule has 0 unspecified atom stereocenters. The number of anilines is 1. The molecule has 1 aromatic carbocycles. The molecule has 11 heteroatoms. The van der Waals surface area contributed by atoms with Gasteiger partial charge in [0.15, 0.2) is 11.6 Å². The first-order valence-electron chi connectivity index (χ1n) is 6.66. The van der Waals surface area contributed by atoms with E-state index in [0.29, 0.717) is 0 Å². The second-order valence-electron chi connectivity index (χ2n) is 4.82. The number of nitrogens with one attached hydrogen (secondary N) is 1. The first kappa shape index (κ1) is 18.6. The molecule has 0 amide bonds. The molecule has 130 valence electrons. The average Bonchev–Trinajstić information content (AvgIpc) is 2.50. The van der Waals surface area contributed by atoms with E-state index in [1.165, 1.54) is 18.3 Å². The Labute approximate surface area is 137 Å². The number of benzene rings is 1. The van der Waals surface area contributed by atoms with E-state index in [0.717, 1.165) is 5.56 Å². The van der Waals surface area contributed by atoms with Crippen molar-refractivity contribution in [3.63, 3.8) is 0 Å². The van der Waals surface area contributed by atoms with E-state index in [4.69, 9.17) is 24.3 Å². The Kier molecular flexibility index (Phi) is 5.77. The number of ether oxygens (including phenoxy) is 1. The van der Waals surface area contributed by atoms with Gasteiger partial charge in [-0.05, 0) is 17.7 Å². The van der Waals surface area contributed by atoms with Gasteiger partial charge in [0.1, 0.15) is 6.61 Å². The van der Waals surface area contributed by atoms with Gasteiger partial charge in [0.05, 0.1) is 0 Å². The summed E-state index contributed by atoms with van der Waals surface area (Å²) >= 11 is 0. The van der Waals surface area contributed by atoms with Crippen LogP contribution in [0.25, 0.3) is 0 Å². The lowest BCUT2D eigenvalue weighted by Gasteiger charge is -2.22. The van der Waals surface area contributed by atoms with Crippen LogP contribution in [0.2, 0.25) is 0 Å². The highest BCUT2D eigenvalue weighted by Gasteiger charge is 2.44. The van der Waals surface area contributed by atoms with Crippen LogP contribution in [0.1, 0.15) is 5.56 Å². The van der Waals surface area contributed by atoms with Crippen molar-refractivity contribution < 1.29 is 33.4 Å². The summed E-state index contributed by atoms with van der Waals surface area (Å²) in [5.41, 5.74) is -1.56. The Morgan fingerprint density at radius 3 is 2.21 bits per heavy atom. The van der Waals surface area contributed by atoms with Crippen molar-refractivity contribution >= 4 is 21.0 Å². The zero-order chi connectivity index (χ0) is 17.8. The minimum atomic E-state index is -5.13. The summed E-state index contributed by atoms with van der Waals surface area (Å²) in [5, 5.41) is 2.10. The molecule has 0 atom stereocenters. The summed E-state index contributed by atoms with van der Waals surface area (Å²) in [7, 11) is -10.3. The van der Waals surface area contributed by atoms with Crippen molar-refractivity contribution in [3.8, 4) is 5.75 Å². The van der Waals surface area contributed by atoms with E-state index in [1.54, 1.807) is 0 Å². The average molecular weight is 374 g/mol. The maximum absolute atomic E-state index is 11.3. The molecule has 0 saturated carbocycles. The van der Waals surface area contributed by atoms with Gasteiger partial charge in [-0.25, -0.2) is 4.98 Å². The van der Waals surface area contributed by atoms with Gasteiger partial charge in [-0.15, -0.1) is 0 Å². The lowest BCUT2D eigenvalue weighted by molar-refractivity contribution is 0.306. The van der Waals surface area contributed by atoms with Crippen molar-refractivity contribution in [2.75, 3.05) is 5.32 Å². The molecule has 0 saturated heterocycles. The van der Waals surface area contributed by atoms with E-state index in [-0.39, 0.29) is 18.2 Å². The number of hydrogen-bond donors (Lipinski definition) is 5. The highest BCUT2D eigenvalue weighted by Crippen LogP contribution is 2.59. The number of rotatable bonds is 7. The molecule has 2 aromatic rings. The number of hydrogen-bond acceptors (Lipinski definition) is 5. The molecule has 0 fully saturated rings. The van der Waals surface area contributed by atoms with Crippen molar-refractivity contribution in [2.45, 2.75) is 12.1 Å². The molecule has 0 aliphatic carbocycles. The highest BCUT2D eigenvalue weighted by atomic mass is 31.2. The van der Waals surface area contributed by atoms with E-state index >= 15 is 0 Å². The van der Waals surface area contributed by atoms with E-state index in [1.807, 2.05) is 30.3 Å². The first-order valence-corrected chi connectivity index (χ1v) is 10.0. The van der Waals surface area contributed by atoms with Gasteiger partial charge in [-0.2, -0.15) is 0 Å². The lowest BCUT2D eigenvalue weighted by Crippen LogP contribution is -2.21. The third kappa shape index (κ3) is 5.14. The van der Waals surface area contributed by atoms with Gasteiger partial charge in [-0.1, -0.05) is 30.3 Å². The van der Waals surface area contributed by atoms with Crippen LogP contribution in [0.5, 0.6) is 5.75 Å². The van der Waals surface area contributed by atoms with Gasteiger partial charge in [-0.3, -0.25) is 9.13 Å². The molecule has 1 heterocycles. The zero-order valence-corrected chi connectivity index (χ0v) is 14.0. The molecule has 0 aliphatic rings. The quantitative estimate of drug-likeness (QED) is 0.457. The maximum Gasteiger partial charge on any atom is 0.360 e. The molecular weight excluding hydrogens is 358 g/mol. The zero-order valence-electron chi connectivity index (χ0n) is 12.3. The van der Waals surface area contributed by atoms with Crippen molar-refractivity contribution in [2.24, 2.45) is 0 Å². The molecule has 0 bridgehead atoms. The van der Waals surface area contributed by atoms with Crippen molar-refractivity contribution in [3.05, 3.63) is 54.2 Å². The maximum atomic E-state index is 11.3. The van der Waals surface area contributed by atoms with Crippen LogP contribution in [0.3, 0.4) is 0 Å². The minimum absolute atomic E-state index is 0.105. The minimum Gasteiger partial charge on any atom is -0.485 e. The summed E-state index contributed by atoms with van der Waals surface area (Å²) in [6.07, 6.45) is 1.30. The van der Waals surface area contributed by atoms with Crippen LogP contribution in [-0.4, -0.2) is 30.1 Å². The van der Waals surface area contributed by atoms with Gasteiger partial charge in [0, 0.05) is 6.20 Å². The summed E-state index contributed by atoms with van der Waals surface area (Å²) in [6, 6.07) is 12.1. The monoisotopic (exact) mass is 374 g/mol. The fraction of sp³-hybridized carbons (Fsp3) is 0.154. The normalized spacial score (nSPS) is 12.2. The molecule has 24 heavy (non-hydrogen) atoms. The van der Waals surface area contributed by atoms with Gasteiger partial charge >= 0.3 is 15.2 Å². The molecule has 9 nitrogen and oxygen atoms in total. The van der Waals surface area contributed by atoms with Gasteiger partial charge in [0.25, 0.3) is 0 Å². The topological polar surface area (TPSA) is 149 Å². The molecule has 0 radical (unpaired) electrons. The second kappa shape index (κ2) is 7.44. The Bertz CT molecular complexity index is 753. The fourth-order valence-electron chi connectivity index (χ4n) is 1.84. The Morgan fingerprint density at radius 2 is 1.62 bits per heavy atom. The van der Waals surface area contributed by atoms with Crippen LogP contribution in [0, 0.1) is 0 Å². The summed E-state index contributed by atoms with van der Waals surface area (Å²) in [4.78, 5) is 40.5. The van der Waals surface area contributed by atoms with Crippen LogP contribution >= 0.6 is 15.2 Å². The van der Waals surface area contributed by atoms with Crippen LogP contribution in [-0.2, 0) is 15.7 Å². The van der Waals surface area contributed by atoms with E-state index in [9.17, 15) is 9.13 Å². The number of pyridine rings is 1. The number of aromatic nitrogens is 1. The molecule has 0 aliphatic heterocycles. The van der Waals surface area contributed by atoms with E-state index < -0.39 is 20.7 Å². The van der Waals surface area contributed by atoms with Crippen LogP contribution in [0.15, 0.2) is 48.7 Å². The molecule has 0 spiro atoms. The van der Waals surface area contributed by atoms with Crippen molar-refractivity contribution in [1.29, 1.82) is 0 Å². The summed E-state index contributed by atoms with van der Waals surface area (Å²) in [6.45, 7) is 0.150. The second-order valence-corrected chi connectivity index (χ2v) is 8.62. The fourth-order valence-corrected chi connectivity index (χ4v) is 3.99. The Morgan fingerprint density at radius 1 is 1.00 bits per heavy atom. The predicted molar refractivity (Wildman–Crippen MR) is 86.5 cm³/mol. The first-order chi connectivity index (χ1) is 11.2. The van der Waals surface area contributed by atoms with Crippen molar-refractivity contribution in [1.82, 2.24) is 4.98 Å². The van der Waals surface area contributed by atoms with Gasteiger partial charge in [0.2, 0.25) is 5.52 Å². The predicted octanol–water partition coefficient (Wildman–Crippen LogP) is 1.71. The van der Waals surface area contributed by atoms with Crippen LogP contribution in [0.4, 0.5) is 5.82 Å². The SMILES string of the molecule is O=P(O)(O)C(Nc1ncccc1OCc1ccccc1)P(=O)(O)O. The van der Waals surface area contributed by atoms with Crippen LogP contribution < -0.4 is 10.1 Å². The standard InChI is InChI=1S/C13H16N2O7P2/c16-23(17,18)13(24(19,20)21)15-12-11(7-4-8-14-12)22-9-10-5-2-1-3-6-10/h1-8,13H,9H2,(H,14,15)(H2,16,17,18)(H2,19,20,21). The third-order valence-electron chi connectivity index (χ3n) is 2.91. The third-order valence-corrected chi connectivity index (χ3v) is 6.25. The Balaban J connectivity index is 2.22. The largest absolute Gasteiger partial charge is 0.485 e. The molecular formula is C13H16N2O7P2. The van der Waals surface area contributed by atoms with E-state index in [2.05, 4.69) is 10.3 Å². The summed E-state index contributed by atoms with van der Waals surface area (Å²) < 4.78 is 28.2. The number of nitrogens with zero attached hydrogens (tertiary/aromatic N) is 1. The smallest absolute Gasteiger partial charge is 0.360 e. The molecule has 2 rings (SSSR count). The Hall–Kier alpha value is -1.73. The summed E-state index contributed by atoms with van der Waals surface area (Å²) in [5.74, 6) is -0.0710.